The first-order valence-corrected chi connectivity index (χ1v) is 14.4. The molecule has 0 spiro atoms. The third-order valence-corrected chi connectivity index (χ3v) is 8.91. The van der Waals surface area contributed by atoms with Crippen molar-refractivity contribution in [3.8, 4) is 22.8 Å². The molecule has 0 bridgehead atoms. The molecule has 37 heavy (non-hydrogen) atoms. The molecule has 5 rings (SSSR count). The highest BCUT2D eigenvalue weighted by atomic mass is 16.5. The van der Waals surface area contributed by atoms with E-state index in [1.54, 1.807) is 14.2 Å². The molecule has 0 amide bonds. The van der Waals surface area contributed by atoms with Crippen molar-refractivity contribution in [3.05, 3.63) is 47.5 Å². The summed E-state index contributed by atoms with van der Waals surface area (Å²) in [6, 6.07) is 14.0. The number of fused-ring (bicyclic) bond motifs is 1. The van der Waals surface area contributed by atoms with E-state index < -0.39 is 0 Å². The predicted octanol–water partition coefficient (Wildman–Crippen LogP) is 6.99. The number of aryl methyl sites for hydroxylation is 1. The Morgan fingerprint density at radius 1 is 0.865 bits per heavy atom. The van der Waals surface area contributed by atoms with Gasteiger partial charge in [0.05, 0.1) is 14.2 Å². The van der Waals surface area contributed by atoms with Gasteiger partial charge in [0.25, 0.3) is 0 Å². The molecule has 0 radical (unpaired) electrons. The van der Waals surface area contributed by atoms with Crippen LogP contribution in [0.15, 0.2) is 36.4 Å². The Morgan fingerprint density at radius 2 is 1.62 bits per heavy atom. The van der Waals surface area contributed by atoms with E-state index in [0.29, 0.717) is 5.92 Å². The van der Waals surface area contributed by atoms with Crippen LogP contribution < -0.4 is 9.47 Å². The van der Waals surface area contributed by atoms with E-state index in [0.717, 1.165) is 28.8 Å². The Labute approximate surface area is 223 Å². The fraction of sp³-hybridized carbons (Fsp3) is 0.562. The molecule has 0 atom stereocenters. The standard InChI is InChI=1S/C32H45N3O2/c1-5-6-7-16-34-17-14-27(15-18-34)35-19-12-24(13-20-35)25-8-10-29-28(21-25)23(2)32(33-29)26-9-11-30(36-3)31(22-26)37-4/h8-11,21-22,24,27,33H,5-7,12-20H2,1-4H3. The second-order valence-electron chi connectivity index (χ2n) is 11.1. The van der Waals surface area contributed by atoms with Crippen LogP contribution in [0.4, 0.5) is 0 Å². The molecular weight excluding hydrogens is 458 g/mol. The van der Waals surface area contributed by atoms with Gasteiger partial charge in [-0.05, 0) is 119 Å². The maximum absolute atomic E-state index is 5.54. The Balaban J connectivity index is 1.22. The summed E-state index contributed by atoms with van der Waals surface area (Å²) in [6.45, 7) is 10.9. The van der Waals surface area contributed by atoms with Crippen LogP contribution in [-0.2, 0) is 0 Å². The number of nitrogens with one attached hydrogen (secondary N) is 1. The van der Waals surface area contributed by atoms with Crippen molar-refractivity contribution in [2.45, 2.75) is 70.8 Å². The highest BCUT2D eigenvalue weighted by molar-refractivity contribution is 5.91. The summed E-state index contributed by atoms with van der Waals surface area (Å²) < 4.78 is 11.0. The zero-order valence-corrected chi connectivity index (χ0v) is 23.3. The van der Waals surface area contributed by atoms with E-state index in [-0.39, 0.29) is 0 Å². The maximum Gasteiger partial charge on any atom is 0.161 e. The first kappa shape index (κ1) is 26.1. The lowest BCUT2D eigenvalue weighted by atomic mass is 9.87. The van der Waals surface area contributed by atoms with Gasteiger partial charge < -0.3 is 24.3 Å². The van der Waals surface area contributed by atoms with E-state index in [2.05, 4.69) is 59.0 Å². The molecule has 2 fully saturated rings. The average molecular weight is 504 g/mol. The van der Waals surface area contributed by atoms with Gasteiger partial charge in [0.15, 0.2) is 11.5 Å². The van der Waals surface area contributed by atoms with Gasteiger partial charge in [-0.1, -0.05) is 25.8 Å². The van der Waals surface area contributed by atoms with Crippen LogP contribution in [0, 0.1) is 6.92 Å². The number of H-pyrrole nitrogens is 1. The number of benzene rings is 2. The van der Waals surface area contributed by atoms with Crippen LogP contribution in [0.5, 0.6) is 11.5 Å². The summed E-state index contributed by atoms with van der Waals surface area (Å²) in [5.74, 6) is 2.17. The first-order valence-electron chi connectivity index (χ1n) is 14.4. The van der Waals surface area contributed by atoms with Gasteiger partial charge in [-0.3, -0.25) is 0 Å². The van der Waals surface area contributed by atoms with Crippen LogP contribution in [-0.4, -0.2) is 67.8 Å². The summed E-state index contributed by atoms with van der Waals surface area (Å²) in [5, 5.41) is 1.33. The Kier molecular flexibility index (Phi) is 8.41. The smallest absolute Gasteiger partial charge is 0.161 e. The van der Waals surface area contributed by atoms with Crippen molar-refractivity contribution in [3.63, 3.8) is 0 Å². The molecule has 1 aromatic heterocycles. The predicted molar refractivity (Wildman–Crippen MR) is 154 cm³/mol. The summed E-state index contributed by atoms with van der Waals surface area (Å²) in [7, 11) is 3.37. The summed E-state index contributed by atoms with van der Waals surface area (Å²) >= 11 is 0. The minimum absolute atomic E-state index is 0.661. The molecule has 3 aromatic rings. The average Bonchev–Trinajstić information content (AvgIpc) is 3.29. The molecule has 1 N–H and O–H groups in total. The fourth-order valence-corrected chi connectivity index (χ4v) is 6.57. The lowest BCUT2D eigenvalue weighted by molar-refractivity contribution is 0.0867. The molecule has 2 saturated heterocycles. The Bertz CT molecular complexity index is 1170. The van der Waals surface area contributed by atoms with Gasteiger partial charge in [-0.2, -0.15) is 0 Å². The molecule has 5 heteroatoms. The number of methoxy groups -OCH3 is 2. The van der Waals surface area contributed by atoms with Gasteiger partial charge >= 0.3 is 0 Å². The largest absolute Gasteiger partial charge is 0.493 e. The lowest BCUT2D eigenvalue weighted by Crippen LogP contribution is -2.47. The molecule has 2 aromatic carbocycles. The van der Waals surface area contributed by atoms with Gasteiger partial charge in [-0.15, -0.1) is 0 Å². The van der Waals surface area contributed by atoms with Gasteiger partial charge in [0.1, 0.15) is 0 Å². The van der Waals surface area contributed by atoms with Crippen LogP contribution >= 0.6 is 0 Å². The van der Waals surface area contributed by atoms with E-state index in [1.807, 2.05) is 6.07 Å². The molecule has 0 aliphatic carbocycles. The number of aromatic nitrogens is 1. The number of piperidine rings is 2. The lowest BCUT2D eigenvalue weighted by Gasteiger charge is -2.42. The summed E-state index contributed by atoms with van der Waals surface area (Å²) in [6.07, 6.45) is 9.31. The maximum atomic E-state index is 5.54. The fourth-order valence-electron chi connectivity index (χ4n) is 6.57. The van der Waals surface area contributed by atoms with Crippen molar-refractivity contribution in [2.75, 3.05) is 46.9 Å². The number of hydrogen-bond acceptors (Lipinski definition) is 4. The quantitative estimate of drug-likeness (QED) is 0.319. The SMILES string of the molecule is CCCCCN1CCC(N2CCC(c3ccc4[nH]c(-c5ccc(OC)c(OC)c5)c(C)c4c3)CC2)CC1. The number of rotatable bonds is 9. The van der Waals surface area contributed by atoms with Crippen molar-refractivity contribution < 1.29 is 9.47 Å². The Morgan fingerprint density at radius 3 is 2.32 bits per heavy atom. The monoisotopic (exact) mass is 503 g/mol. The third kappa shape index (κ3) is 5.68. The minimum Gasteiger partial charge on any atom is -0.493 e. The zero-order valence-electron chi connectivity index (χ0n) is 23.3. The van der Waals surface area contributed by atoms with Crippen molar-refractivity contribution >= 4 is 10.9 Å². The molecule has 200 valence electrons. The number of ether oxygens (including phenoxy) is 2. The Hall–Kier alpha value is -2.50. The number of hydrogen-bond donors (Lipinski definition) is 1. The van der Waals surface area contributed by atoms with Crippen LogP contribution in [0.1, 0.15) is 68.9 Å². The third-order valence-electron chi connectivity index (χ3n) is 8.91. The van der Waals surface area contributed by atoms with Crippen molar-refractivity contribution in [2.24, 2.45) is 0 Å². The molecule has 2 aliphatic rings. The summed E-state index contributed by atoms with van der Waals surface area (Å²) in [4.78, 5) is 9.16. The van der Waals surface area contributed by atoms with Crippen molar-refractivity contribution in [1.29, 1.82) is 0 Å². The van der Waals surface area contributed by atoms with Crippen molar-refractivity contribution in [1.82, 2.24) is 14.8 Å². The molecule has 0 unspecified atom stereocenters. The van der Waals surface area contributed by atoms with Gasteiger partial charge in [0, 0.05) is 28.2 Å². The highest BCUT2D eigenvalue weighted by Gasteiger charge is 2.29. The molecule has 5 nitrogen and oxygen atoms in total. The van der Waals surface area contributed by atoms with E-state index in [9.17, 15) is 0 Å². The second-order valence-corrected chi connectivity index (χ2v) is 11.1. The highest BCUT2D eigenvalue weighted by Crippen LogP contribution is 2.38. The second kappa shape index (κ2) is 11.9. The summed E-state index contributed by atoms with van der Waals surface area (Å²) in [5.41, 5.74) is 6.28. The molecular formula is C32H45N3O2. The van der Waals surface area contributed by atoms with Crippen LogP contribution in [0.2, 0.25) is 0 Å². The first-order chi connectivity index (χ1) is 18.1. The molecule has 2 aliphatic heterocycles. The zero-order chi connectivity index (χ0) is 25.8. The number of unbranched alkanes of at least 4 members (excludes halogenated alkanes) is 2. The minimum atomic E-state index is 0.661. The molecule has 0 saturated carbocycles. The van der Waals surface area contributed by atoms with Crippen LogP contribution in [0.25, 0.3) is 22.2 Å². The number of aromatic amines is 1. The number of likely N-dealkylation sites (tertiary alicyclic amines) is 2. The molecule has 3 heterocycles. The number of nitrogens with zero attached hydrogens (tertiary/aromatic N) is 2. The van der Waals surface area contributed by atoms with Gasteiger partial charge in [0.2, 0.25) is 0 Å². The van der Waals surface area contributed by atoms with Crippen LogP contribution in [0.3, 0.4) is 0 Å². The van der Waals surface area contributed by atoms with E-state index in [1.165, 1.54) is 99.7 Å². The topological polar surface area (TPSA) is 40.7 Å². The normalized spacial score (nSPS) is 18.5. The van der Waals surface area contributed by atoms with E-state index >= 15 is 0 Å². The van der Waals surface area contributed by atoms with Gasteiger partial charge in [-0.25, -0.2) is 0 Å². The van der Waals surface area contributed by atoms with E-state index in [4.69, 9.17) is 9.47 Å².